The molecule has 0 heterocycles. The zero-order valence-electron chi connectivity index (χ0n) is 11.6. The van der Waals surface area contributed by atoms with Gasteiger partial charge in [-0.3, -0.25) is 0 Å². The molecule has 0 saturated heterocycles. The molecule has 4 rings (SSSR count). The van der Waals surface area contributed by atoms with Crippen molar-refractivity contribution in [2.45, 2.75) is 44.1 Å². The summed E-state index contributed by atoms with van der Waals surface area (Å²) in [5.74, 6) is 2.85. The van der Waals surface area contributed by atoms with Crippen molar-refractivity contribution < 1.29 is 22.7 Å². The minimum absolute atomic E-state index is 0.169. The summed E-state index contributed by atoms with van der Waals surface area (Å²) in [5, 5.41) is 9.71. The third-order valence-corrected chi connectivity index (χ3v) is 6.75. The van der Waals surface area contributed by atoms with Crippen LogP contribution in [0.1, 0.15) is 25.7 Å². The standard InChI is InChI=1S/C16H20F4O/c17-14(18)16(21,15(19)20)6-10-4-9-5-11(10)13-8-2-1-7(3-8)12(9)13/h1-2,7-15,21H,3-6H2. The van der Waals surface area contributed by atoms with Gasteiger partial charge in [0.15, 0.2) is 5.60 Å². The van der Waals surface area contributed by atoms with E-state index in [1.807, 2.05) is 0 Å². The molecular formula is C16H20F4O. The van der Waals surface area contributed by atoms with Crippen molar-refractivity contribution in [3.63, 3.8) is 0 Å². The molecule has 7 unspecified atom stereocenters. The predicted molar refractivity (Wildman–Crippen MR) is 69.0 cm³/mol. The SMILES string of the molecule is OC(CC1CC2CC1C1C3C=CC(C3)C21)(C(F)F)C(F)F. The van der Waals surface area contributed by atoms with Gasteiger partial charge in [0.25, 0.3) is 12.9 Å². The normalized spacial score (nSPS) is 47.1. The Morgan fingerprint density at radius 3 is 2.19 bits per heavy atom. The Hall–Kier alpha value is -0.580. The average molecular weight is 304 g/mol. The number of aliphatic hydroxyl groups is 1. The van der Waals surface area contributed by atoms with E-state index < -0.39 is 24.9 Å². The first kappa shape index (κ1) is 14.0. The average Bonchev–Trinajstić information content (AvgIpc) is 3.16. The number of rotatable bonds is 4. The lowest BCUT2D eigenvalue weighted by Crippen LogP contribution is -2.47. The molecule has 1 nitrogen and oxygen atoms in total. The summed E-state index contributed by atoms with van der Waals surface area (Å²) in [5.41, 5.74) is -3.13. The molecule has 0 aromatic heterocycles. The summed E-state index contributed by atoms with van der Waals surface area (Å²) in [6, 6.07) is 0. The van der Waals surface area contributed by atoms with E-state index in [0.717, 1.165) is 19.3 Å². The number of allylic oxidation sites excluding steroid dienone is 2. The van der Waals surface area contributed by atoms with Gasteiger partial charge in [-0.15, -0.1) is 0 Å². The van der Waals surface area contributed by atoms with Gasteiger partial charge in [-0.25, -0.2) is 17.6 Å². The van der Waals surface area contributed by atoms with Crippen LogP contribution in [0.5, 0.6) is 0 Å². The van der Waals surface area contributed by atoms with Gasteiger partial charge in [-0.1, -0.05) is 12.2 Å². The molecule has 0 amide bonds. The minimum Gasteiger partial charge on any atom is -0.379 e. The molecule has 118 valence electrons. The van der Waals surface area contributed by atoms with Crippen LogP contribution >= 0.6 is 0 Å². The Bertz CT molecular complexity index is 455. The second-order valence-electron chi connectivity index (χ2n) is 7.56. The lowest BCUT2D eigenvalue weighted by molar-refractivity contribution is -0.189. The summed E-state index contributed by atoms with van der Waals surface area (Å²) in [7, 11) is 0. The van der Waals surface area contributed by atoms with Crippen LogP contribution in [0.15, 0.2) is 12.2 Å². The molecule has 4 aliphatic carbocycles. The smallest absolute Gasteiger partial charge is 0.272 e. The topological polar surface area (TPSA) is 20.2 Å². The molecule has 4 bridgehead atoms. The van der Waals surface area contributed by atoms with E-state index in [1.165, 1.54) is 0 Å². The van der Waals surface area contributed by atoms with E-state index >= 15 is 0 Å². The highest BCUT2D eigenvalue weighted by Crippen LogP contribution is 2.67. The summed E-state index contributed by atoms with van der Waals surface area (Å²) < 4.78 is 51.6. The Kier molecular flexibility index (Phi) is 2.98. The van der Waals surface area contributed by atoms with E-state index in [1.54, 1.807) is 0 Å². The Balaban J connectivity index is 1.53. The maximum absolute atomic E-state index is 12.9. The van der Waals surface area contributed by atoms with Crippen molar-refractivity contribution >= 4 is 0 Å². The highest BCUT2D eigenvalue weighted by molar-refractivity contribution is 5.20. The molecule has 7 atom stereocenters. The van der Waals surface area contributed by atoms with Crippen molar-refractivity contribution in [2.24, 2.45) is 41.4 Å². The maximum atomic E-state index is 12.9. The van der Waals surface area contributed by atoms with Crippen LogP contribution < -0.4 is 0 Å². The van der Waals surface area contributed by atoms with Gasteiger partial charge in [-0.2, -0.15) is 0 Å². The molecule has 0 aliphatic heterocycles. The number of hydrogen-bond donors (Lipinski definition) is 1. The van der Waals surface area contributed by atoms with E-state index in [-0.39, 0.29) is 11.8 Å². The fourth-order valence-electron chi connectivity index (χ4n) is 6.08. The first-order valence-electron chi connectivity index (χ1n) is 7.89. The molecule has 1 N–H and O–H groups in total. The number of halogens is 4. The number of alkyl halides is 4. The zero-order valence-corrected chi connectivity index (χ0v) is 11.6. The van der Waals surface area contributed by atoms with Gasteiger partial charge in [0, 0.05) is 0 Å². The molecule has 21 heavy (non-hydrogen) atoms. The quantitative estimate of drug-likeness (QED) is 0.477. The van der Waals surface area contributed by atoms with Crippen LogP contribution in [0.4, 0.5) is 17.6 Å². The fraction of sp³-hybridized carbons (Fsp3) is 0.875. The highest BCUT2D eigenvalue weighted by Gasteiger charge is 2.62. The molecule has 0 radical (unpaired) electrons. The molecule has 0 spiro atoms. The summed E-state index contributed by atoms with van der Waals surface area (Å²) in [6.07, 6.45) is 0.185. The zero-order chi connectivity index (χ0) is 14.9. The first-order chi connectivity index (χ1) is 9.91. The third-order valence-electron chi connectivity index (χ3n) is 6.75. The van der Waals surface area contributed by atoms with Gasteiger partial charge in [0.2, 0.25) is 0 Å². The lowest BCUT2D eigenvalue weighted by atomic mass is 9.67. The maximum Gasteiger partial charge on any atom is 0.272 e. The van der Waals surface area contributed by atoms with Crippen LogP contribution in [0.2, 0.25) is 0 Å². The van der Waals surface area contributed by atoms with Crippen molar-refractivity contribution in [3.8, 4) is 0 Å². The largest absolute Gasteiger partial charge is 0.379 e. The van der Waals surface area contributed by atoms with Crippen LogP contribution in [-0.4, -0.2) is 23.6 Å². The van der Waals surface area contributed by atoms with Crippen LogP contribution in [-0.2, 0) is 0 Å². The Morgan fingerprint density at radius 1 is 0.952 bits per heavy atom. The van der Waals surface area contributed by atoms with Gasteiger partial charge in [0.1, 0.15) is 0 Å². The van der Waals surface area contributed by atoms with Gasteiger partial charge >= 0.3 is 0 Å². The third kappa shape index (κ3) is 1.79. The van der Waals surface area contributed by atoms with Crippen LogP contribution in [0, 0.1) is 41.4 Å². The number of hydrogen-bond acceptors (Lipinski definition) is 1. The Labute approximate surface area is 121 Å². The van der Waals surface area contributed by atoms with Gasteiger partial charge in [-0.05, 0) is 67.1 Å². The summed E-state index contributed by atoms with van der Waals surface area (Å²) in [6.45, 7) is 0. The fourth-order valence-corrected chi connectivity index (χ4v) is 6.08. The van der Waals surface area contributed by atoms with Crippen molar-refractivity contribution in [2.75, 3.05) is 0 Å². The Morgan fingerprint density at radius 2 is 1.57 bits per heavy atom. The molecule has 0 aromatic rings. The second-order valence-corrected chi connectivity index (χ2v) is 7.56. The predicted octanol–water partition coefficient (Wildman–Crippen LogP) is 3.73. The lowest BCUT2D eigenvalue weighted by Gasteiger charge is -2.39. The second kappa shape index (κ2) is 4.46. The summed E-state index contributed by atoms with van der Waals surface area (Å²) >= 11 is 0. The first-order valence-corrected chi connectivity index (χ1v) is 7.89. The van der Waals surface area contributed by atoms with Crippen LogP contribution in [0.25, 0.3) is 0 Å². The van der Waals surface area contributed by atoms with E-state index in [2.05, 4.69) is 12.2 Å². The molecule has 3 fully saturated rings. The summed E-state index contributed by atoms with van der Waals surface area (Å²) in [4.78, 5) is 0. The molecule has 0 aromatic carbocycles. The number of fused-ring (bicyclic) bond motifs is 9. The molecule has 3 saturated carbocycles. The van der Waals surface area contributed by atoms with Crippen LogP contribution in [0.3, 0.4) is 0 Å². The van der Waals surface area contributed by atoms with Gasteiger partial charge < -0.3 is 5.11 Å². The highest BCUT2D eigenvalue weighted by atomic mass is 19.3. The monoisotopic (exact) mass is 304 g/mol. The van der Waals surface area contributed by atoms with Gasteiger partial charge in [0.05, 0.1) is 0 Å². The van der Waals surface area contributed by atoms with E-state index in [4.69, 9.17) is 0 Å². The molecule has 5 heteroatoms. The van der Waals surface area contributed by atoms with E-state index in [9.17, 15) is 22.7 Å². The minimum atomic E-state index is -3.38. The molecule has 4 aliphatic rings. The van der Waals surface area contributed by atoms with Crippen molar-refractivity contribution in [3.05, 3.63) is 12.2 Å². The van der Waals surface area contributed by atoms with Crippen molar-refractivity contribution in [1.82, 2.24) is 0 Å². The van der Waals surface area contributed by atoms with E-state index in [0.29, 0.717) is 29.6 Å². The van der Waals surface area contributed by atoms with Crippen molar-refractivity contribution in [1.29, 1.82) is 0 Å². The molecular weight excluding hydrogens is 284 g/mol.